The Balaban J connectivity index is 1.79. The summed E-state index contributed by atoms with van der Waals surface area (Å²) in [6.07, 6.45) is 3.75. The average molecular weight is 436 g/mol. The number of anilines is 1. The maximum Gasteiger partial charge on any atom is 0.185 e. The highest BCUT2D eigenvalue weighted by Gasteiger charge is 2.63. The highest BCUT2D eigenvalue weighted by atomic mass is 35.5. The van der Waals surface area contributed by atoms with E-state index >= 15 is 0 Å². The van der Waals surface area contributed by atoms with Crippen LogP contribution in [0.3, 0.4) is 0 Å². The lowest BCUT2D eigenvalue weighted by molar-refractivity contribution is 0.0951. The smallest absolute Gasteiger partial charge is 0.185 e. The van der Waals surface area contributed by atoms with E-state index in [0.717, 1.165) is 16.8 Å². The molecule has 0 aromatic heterocycles. The standard InChI is InChI=1S/C27H18ClN3O/c28-21-12-13-22-20(15-21)11-14-23-27(16-29,17-30)24(18-7-3-1-4-8-18)25(31(22)23)26(32)19-9-5-2-6-10-19/h1-15,23-25H/t23-,24-,25-/m1/s1. The molecule has 0 saturated carbocycles. The van der Waals surface area contributed by atoms with Crippen molar-refractivity contribution >= 4 is 29.1 Å². The summed E-state index contributed by atoms with van der Waals surface area (Å²) in [5.74, 6) is -0.754. The Bertz CT molecular complexity index is 1290. The fourth-order valence-electron chi connectivity index (χ4n) is 5.07. The van der Waals surface area contributed by atoms with Gasteiger partial charge < -0.3 is 4.90 Å². The van der Waals surface area contributed by atoms with E-state index in [1.165, 1.54) is 0 Å². The van der Waals surface area contributed by atoms with E-state index in [9.17, 15) is 15.3 Å². The molecule has 3 aromatic rings. The molecule has 0 N–H and O–H groups in total. The molecule has 2 heterocycles. The number of benzene rings is 3. The van der Waals surface area contributed by atoms with Crippen LogP contribution in [0.4, 0.5) is 5.69 Å². The highest BCUT2D eigenvalue weighted by Crippen LogP contribution is 2.55. The molecule has 32 heavy (non-hydrogen) atoms. The normalized spacial score (nSPS) is 22.3. The highest BCUT2D eigenvalue weighted by molar-refractivity contribution is 6.30. The van der Waals surface area contributed by atoms with Crippen LogP contribution in [-0.4, -0.2) is 17.9 Å². The fraction of sp³-hybridized carbons (Fsp3) is 0.148. The predicted molar refractivity (Wildman–Crippen MR) is 124 cm³/mol. The Kier molecular flexibility index (Phi) is 4.82. The van der Waals surface area contributed by atoms with Crippen LogP contribution in [0, 0.1) is 28.1 Å². The summed E-state index contributed by atoms with van der Waals surface area (Å²) in [6.45, 7) is 0. The monoisotopic (exact) mass is 435 g/mol. The molecule has 3 aromatic carbocycles. The maximum atomic E-state index is 14.0. The van der Waals surface area contributed by atoms with E-state index in [2.05, 4.69) is 12.1 Å². The molecule has 0 amide bonds. The zero-order valence-corrected chi connectivity index (χ0v) is 17.8. The molecule has 0 bridgehead atoms. The Hall–Kier alpha value is -3.86. The van der Waals surface area contributed by atoms with E-state index in [-0.39, 0.29) is 5.78 Å². The number of hydrogen-bond acceptors (Lipinski definition) is 4. The Labute approximate surface area is 191 Å². The SMILES string of the molecule is N#CC1(C#N)[C@H](c2ccccc2)[C@H](C(=O)c2ccccc2)N2c3ccc(Cl)cc3C=C[C@@H]21. The lowest BCUT2D eigenvalue weighted by Gasteiger charge is -2.35. The van der Waals surface area contributed by atoms with Gasteiger partial charge in [0.25, 0.3) is 0 Å². The first-order chi connectivity index (χ1) is 15.6. The summed E-state index contributed by atoms with van der Waals surface area (Å²) >= 11 is 6.23. The first kappa shape index (κ1) is 20.1. The maximum absolute atomic E-state index is 14.0. The first-order valence-corrected chi connectivity index (χ1v) is 10.7. The van der Waals surface area contributed by atoms with Crippen molar-refractivity contribution < 1.29 is 4.79 Å². The molecule has 1 fully saturated rings. The van der Waals surface area contributed by atoms with Crippen LogP contribution in [0.15, 0.2) is 84.9 Å². The van der Waals surface area contributed by atoms with Gasteiger partial charge in [-0.3, -0.25) is 4.79 Å². The van der Waals surface area contributed by atoms with Gasteiger partial charge in [-0.2, -0.15) is 10.5 Å². The van der Waals surface area contributed by atoms with Crippen LogP contribution >= 0.6 is 11.6 Å². The van der Waals surface area contributed by atoms with Gasteiger partial charge in [-0.1, -0.05) is 84.4 Å². The number of nitriles is 2. The van der Waals surface area contributed by atoms with Gasteiger partial charge in [0.1, 0.15) is 6.04 Å². The zero-order valence-electron chi connectivity index (χ0n) is 17.0. The molecule has 5 rings (SSSR count). The van der Waals surface area contributed by atoms with Gasteiger partial charge >= 0.3 is 0 Å². The summed E-state index contributed by atoms with van der Waals surface area (Å²) in [6, 6.07) is 27.3. The number of hydrogen-bond donors (Lipinski definition) is 0. The van der Waals surface area contributed by atoms with E-state index in [4.69, 9.17) is 11.6 Å². The first-order valence-electron chi connectivity index (χ1n) is 10.3. The largest absolute Gasteiger partial charge is 0.351 e. The van der Waals surface area contributed by atoms with Crippen molar-refractivity contribution in [3.05, 3.63) is 107 Å². The molecule has 2 aliphatic rings. The van der Waals surface area contributed by atoms with Gasteiger partial charge in [-0.25, -0.2) is 0 Å². The number of carbonyl (C=O) groups excluding carboxylic acids is 1. The fourth-order valence-corrected chi connectivity index (χ4v) is 5.25. The van der Waals surface area contributed by atoms with E-state index in [1.54, 1.807) is 18.2 Å². The number of fused-ring (bicyclic) bond motifs is 3. The van der Waals surface area contributed by atoms with Crippen molar-refractivity contribution in [3.63, 3.8) is 0 Å². The van der Waals surface area contributed by atoms with Gasteiger partial charge in [0.2, 0.25) is 0 Å². The summed E-state index contributed by atoms with van der Waals surface area (Å²) in [7, 11) is 0. The summed E-state index contributed by atoms with van der Waals surface area (Å²) in [5, 5.41) is 21.4. The van der Waals surface area contributed by atoms with Crippen molar-refractivity contribution in [2.24, 2.45) is 5.41 Å². The van der Waals surface area contributed by atoms with E-state index < -0.39 is 23.4 Å². The number of ketones is 1. The molecule has 0 aliphatic carbocycles. The van der Waals surface area contributed by atoms with Crippen LogP contribution in [-0.2, 0) is 0 Å². The lowest BCUT2D eigenvalue weighted by Crippen LogP contribution is -2.44. The van der Waals surface area contributed by atoms with Crippen LogP contribution in [0.25, 0.3) is 6.08 Å². The third kappa shape index (κ3) is 2.85. The summed E-state index contributed by atoms with van der Waals surface area (Å²) in [5.41, 5.74) is 1.56. The van der Waals surface area contributed by atoms with Crippen LogP contribution in [0.1, 0.15) is 27.4 Å². The summed E-state index contributed by atoms with van der Waals surface area (Å²) < 4.78 is 0. The topological polar surface area (TPSA) is 67.9 Å². The second-order valence-electron chi connectivity index (χ2n) is 8.07. The number of nitrogens with zero attached hydrogens (tertiary/aromatic N) is 3. The molecule has 2 aliphatic heterocycles. The van der Waals surface area contributed by atoms with Gasteiger partial charge in [0.15, 0.2) is 11.2 Å². The van der Waals surface area contributed by atoms with Gasteiger partial charge in [0, 0.05) is 22.2 Å². The zero-order chi connectivity index (χ0) is 22.3. The Morgan fingerprint density at radius 3 is 2.25 bits per heavy atom. The second-order valence-corrected chi connectivity index (χ2v) is 8.51. The molecule has 154 valence electrons. The molecular formula is C27H18ClN3O. The minimum atomic E-state index is -1.44. The minimum absolute atomic E-state index is 0.118. The van der Waals surface area contributed by atoms with Crippen LogP contribution in [0.2, 0.25) is 5.02 Å². The molecule has 4 nitrogen and oxygen atoms in total. The van der Waals surface area contributed by atoms with E-state index in [1.807, 2.05) is 77.7 Å². The number of rotatable bonds is 3. The van der Waals surface area contributed by atoms with Crippen molar-refractivity contribution in [1.82, 2.24) is 0 Å². The van der Waals surface area contributed by atoms with Crippen LogP contribution in [0.5, 0.6) is 0 Å². The molecule has 1 saturated heterocycles. The minimum Gasteiger partial charge on any atom is -0.351 e. The predicted octanol–water partition coefficient (Wildman–Crippen LogP) is 5.62. The average Bonchev–Trinajstić information content (AvgIpc) is 3.15. The Morgan fingerprint density at radius 2 is 1.59 bits per heavy atom. The van der Waals surface area contributed by atoms with Crippen molar-refractivity contribution in [2.75, 3.05) is 4.90 Å². The molecule has 0 spiro atoms. The van der Waals surface area contributed by atoms with Gasteiger partial charge in [-0.15, -0.1) is 0 Å². The molecule has 3 atom stereocenters. The van der Waals surface area contributed by atoms with Crippen molar-refractivity contribution in [3.8, 4) is 12.1 Å². The number of halogens is 1. The molecule has 5 heteroatoms. The third-order valence-corrected chi connectivity index (χ3v) is 6.69. The van der Waals surface area contributed by atoms with Crippen molar-refractivity contribution in [2.45, 2.75) is 18.0 Å². The molecular weight excluding hydrogens is 418 g/mol. The lowest BCUT2D eigenvalue weighted by atomic mass is 9.69. The summed E-state index contributed by atoms with van der Waals surface area (Å²) in [4.78, 5) is 15.9. The number of carbonyl (C=O) groups is 1. The molecule has 0 unspecified atom stereocenters. The van der Waals surface area contributed by atoms with Gasteiger partial charge in [-0.05, 0) is 29.3 Å². The van der Waals surface area contributed by atoms with E-state index in [0.29, 0.717) is 10.6 Å². The second kappa shape index (κ2) is 7.68. The Morgan fingerprint density at radius 1 is 0.938 bits per heavy atom. The third-order valence-electron chi connectivity index (χ3n) is 6.45. The van der Waals surface area contributed by atoms with Crippen LogP contribution < -0.4 is 4.90 Å². The quantitative estimate of drug-likeness (QED) is 0.500. The number of Topliss-reactive ketones (excluding diaryl/α,β-unsaturated/α-hetero) is 1. The van der Waals surface area contributed by atoms with Crippen molar-refractivity contribution in [1.29, 1.82) is 10.5 Å². The molecule has 0 radical (unpaired) electrons. The van der Waals surface area contributed by atoms with Gasteiger partial charge in [0.05, 0.1) is 18.2 Å².